The molecule has 0 unspecified atom stereocenters. The summed E-state index contributed by atoms with van der Waals surface area (Å²) in [6.45, 7) is 4.58. The summed E-state index contributed by atoms with van der Waals surface area (Å²) in [7, 11) is 0. The molecule has 0 fully saturated rings. The van der Waals surface area contributed by atoms with E-state index in [-0.39, 0.29) is 5.57 Å². The van der Waals surface area contributed by atoms with E-state index in [1.165, 1.54) is 6.08 Å². The molecule has 0 bridgehead atoms. The van der Waals surface area contributed by atoms with Crippen molar-refractivity contribution in [2.24, 2.45) is 0 Å². The first-order valence-electron chi connectivity index (χ1n) is 8.36. The molecule has 4 nitrogen and oxygen atoms in total. The van der Waals surface area contributed by atoms with Crippen molar-refractivity contribution in [1.82, 2.24) is 0 Å². The van der Waals surface area contributed by atoms with Crippen LogP contribution in [0.25, 0.3) is 6.08 Å². The Morgan fingerprint density at radius 3 is 2.50 bits per heavy atom. The molecular formula is C21H20ClNO3. The second kappa shape index (κ2) is 9.65. The molecule has 0 radical (unpaired) electrons. The lowest BCUT2D eigenvalue weighted by atomic mass is 10.1. The van der Waals surface area contributed by atoms with Gasteiger partial charge in [0.1, 0.15) is 23.1 Å². The van der Waals surface area contributed by atoms with E-state index >= 15 is 0 Å². The van der Waals surface area contributed by atoms with Crippen molar-refractivity contribution in [3.63, 3.8) is 0 Å². The quantitative estimate of drug-likeness (QED) is 0.217. The highest BCUT2D eigenvalue weighted by Gasteiger charge is 2.12. The lowest BCUT2D eigenvalue weighted by Gasteiger charge is -2.06. The van der Waals surface area contributed by atoms with Gasteiger partial charge in [0.15, 0.2) is 0 Å². The first-order valence-corrected chi connectivity index (χ1v) is 8.74. The number of rotatable bonds is 7. The van der Waals surface area contributed by atoms with Crippen LogP contribution >= 0.6 is 11.6 Å². The van der Waals surface area contributed by atoms with E-state index in [2.05, 4.69) is 6.92 Å². The summed E-state index contributed by atoms with van der Waals surface area (Å²) in [5.74, 6) is 0.392. The number of benzene rings is 2. The van der Waals surface area contributed by atoms with Gasteiger partial charge in [0.2, 0.25) is 0 Å². The van der Waals surface area contributed by atoms with Gasteiger partial charge in [-0.1, -0.05) is 37.1 Å². The fraction of sp³-hybridized carbons (Fsp3) is 0.238. The van der Waals surface area contributed by atoms with Gasteiger partial charge in [-0.3, -0.25) is 0 Å². The molecule has 134 valence electrons. The van der Waals surface area contributed by atoms with Crippen LogP contribution in [-0.4, -0.2) is 12.6 Å². The number of carbonyl (C=O) groups excluding carboxylic acids is 1. The number of nitrogens with zero attached hydrogens (tertiary/aromatic N) is 1. The molecule has 0 aliphatic carbocycles. The van der Waals surface area contributed by atoms with Crippen LogP contribution < -0.4 is 9.47 Å². The van der Waals surface area contributed by atoms with Crippen LogP contribution in [-0.2, 0) is 4.79 Å². The second-order valence-corrected chi connectivity index (χ2v) is 6.15. The topological polar surface area (TPSA) is 59.3 Å². The molecule has 26 heavy (non-hydrogen) atoms. The zero-order chi connectivity index (χ0) is 18.9. The number of esters is 1. The number of unbranched alkanes of at least 4 members (excludes halogenated alkanes) is 1. The normalized spacial score (nSPS) is 10.9. The van der Waals surface area contributed by atoms with Gasteiger partial charge in [-0.15, -0.1) is 0 Å². The first kappa shape index (κ1) is 19.6. The van der Waals surface area contributed by atoms with Crippen molar-refractivity contribution in [2.75, 3.05) is 6.61 Å². The zero-order valence-corrected chi connectivity index (χ0v) is 15.5. The Morgan fingerprint density at radius 1 is 1.19 bits per heavy atom. The molecule has 2 aromatic rings. The fourth-order valence-corrected chi connectivity index (χ4v) is 2.26. The van der Waals surface area contributed by atoms with Crippen LogP contribution in [0.5, 0.6) is 11.5 Å². The molecule has 5 heteroatoms. The summed E-state index contributed by atoms with van der Waals surface area (Å²) < 4.78 is 10.8. The van der Waals surface area contributed by atoms with Crippen molar-refractivity contribution in [3.8, 4) is 17.6 Å². The average Bonchev–Trinajstić information content (AvgIpc) is 2.64. The summed E-state index contributed by atoms with van der Waals surface area (Å²) in [4.78, 5) is 12.2. The van der Waals surface area contributed by atoms with Gasteiger partial charge >= 0.3 is 5.97 Å². The Hall–Kier alpha value is -2.77. The third kappa shape index (κ3) is 5.65. The molecular weight excluding hydrogens is 350 g/mol. The van der Waals surface area contributed by atoms with E-state index in [0.29, 0.717) is 22.9 Å². The number of carbonyl (C=O) groups is 1. The van der Waals surface area contributed by atoms with E-state index in [1.54, 1.807) is 30.3 Å². The largest absolute Gasteiger partial charge is 0.494 e. The monoisotopic (exact) mass is 369 g/mol. The van der Waals surface area contributed by atoms with E-state index in [4.69, 9.17) is 21.1 Å². The lowest BCUT2D eigenvalue weighted by molar-refractivity contribution is -0.129. The van der Waals surface area contributed by atoms with Gasteiger partial charge in [-0.05, 0) is 60.9 Å². The van der Waals surface area contributed by atoms with Crippen molar-refractivity contribution < 1.29 is 14.3 Å². The van der Waals surface area contributed by atoms with E-state index in [0.717, 1.165) is 24.2 Å². The molecule has 0 aliphatic heterocycles. The minimum atomic E-state index is -0.711. The Morgan fingerprint density at radius 2 is 1.88 bits per heavy atom. The van der Waals surface area contributed by atoms with Crippen LogP contribution in [0.15, 0.2) is 48.0 Å². The van der Waals surface area contributed by atoms with E-state index in [1.807, 2.05) is 25.1 Å². The number of hydrogen-bond acceptors (Lipinski definition) is 4. The minimum absolute atomic E-state index is 0.0859. The standard InChI is InChI=1S/C21H20ClNO3/c1-3-4-11-25-18-7-5-16(6-8-18)13-17(14-23)21(24)26-19-9-10-20(22)15(2)12-19/h5-10,12-13H,3-4,11H2,1-2H3/b17-13+. The highest BCUT2D eigenvalue weighted by molar-refractivity contribution is 6.31. The van der Waals surface area contributed by atoms with Gasteiger partial charge in [-0.2, -0.15) is 5.26 Å². The number of aryl methyl sites for hydroxylation is 1. The summed E-state index contributed by atoms with van der Waals surface area (Å²) >= 11 is 5.95. The van der Waals surface area contributed by atoms with Crippen LogP contribution in [0.4, 0.5) is 0 Å². The molecule has 0 spiro atoms. The molecule has 0 heterocycles. The van der Waals surface area contributed by atoms with Gasteiger partial charge in [-0.25, -0.2) is 4.79 Å². The summed E-state index contributed by atoms with van der Waals surface area (Å²) in [6, 6.07) is 14.0. The molecule has 0 aromatic heterocycles. The van der Waals surface area contributed by atoms with E-state index in [9.17, 15) is 10.1 Å². The summed E-state index contributed by atoms with van der Waals surface area (Å²) in [6.07, 6.45) is 3.55. The van der Waals surface area contributed by atoms with Gasteiger partial charge in [0.25, 0.3) is 0 Å². The van der Waals surface area contributed by atoms with Crippen molar-refractivity contribution in [2.45, 2.75) is 26.7 Å². The summed E-state index contributed by atoms with van der Waals surface area (Å²) in [5, 5.41) is 9.85. The predicted octanol–water partition coefficient (Wildman–Crippen LogP) is 5.34. The van der Waals surface area contributed by atoms with E-state index < -0.39 is 5.97 Å². The Bertz CT molecular complexity index is 835. The minimum Gasteiger partial charge on any atom is -0.494 e. The van der Waals surface area contributed by atoms with Crippen molar-refractivity contribution in [3.05, 3.63) is 64.2 Å². The predicted molar refractivity (Wildman–Crippen MR) is 102 cm³/mol. The van der Waals surface area contributed by atoms with Crippen molar-refractivity contribution in [1.29, 1.82) is 5.26 Å². The molecule has 0 saturated heterocycles. The van der Waals surface area contributed by atoms with Gasteiger partial charge in [0, 0.05) is 5.02 Å². The lowest BCUT2D eigenvalue weighted by Crippen LogP contribution is -2.10. The maximum absolute atomic E-state index is 12.2. The number of ether oxygens (including phenoxy) is 2. The summed E-state index contributed by atoms with van der Waals surface area (Å²) in [5.41, 5.74) is 1.42. The maximum Gasteiger partial charge on any atom is 0.354 e. The third-order valence-electron chi connectivity index (χ3n) is 3.64. The Balaban J connectivity index is 2.07. The first-order chi connectivity index (χ1) is 12.5. The average molecular weight is 370 g/mol. The highest BCUT2D eigenvalue weighted by atomic mass is 35.5. The van der Waals surface area contributed by atoms with Crippen LogP contribution in [0.2, 0.25) is 5.02 Å². The van der Waals surface area contributed by atoms with Crippen molar-refractivity contribution >= 4 is 23.6 Å². The van der Waals surface area contributed by atoms with Crippen LogP contribution in [0.1, 0.15) is 30.9 Å². The molecule has 2 rings (SSSR count). The molecule has 0 N–H and O–H groups in total. The highest BCUT2D eigenvalue weighted by Crippen LogP contribution is 2.22. The number of hydrogen-bond donors (Lipinski definition) is 0. The van der Waals surface area contributed by atoms with Crippen LogP contribution in [0, 0.1) is 18.3 Å². The molecule has 0 aliphatic rings. The SMILES string of the molecule is CCCCOc1ccc(/C=C(\C#N)C(=O)Oc2ccc(Cl)c(C)c2)cc1. The maximum atomic E-state index is 12.2. The molecule has 0 atom stereocenters. The third-order valence-corrected chi connectivity index (χ3v) is 4.06. The Labute approximate surface area is 158 Å². The number of halogens is 1. The fourth-order valence-electron chi connectivity index (χ4n) is 2.14. The smallest absolute Gasteiger partial charge is 0.354 e. The Kier molecular flexibility index (Phi) is 7.25. The number of nitriles is 1. The molecule has 0 saturated carbocycles. The van der Waals surface area contributed by atoms with Crippen LogP contribution in [0.3, 0.4) is 0 Å². The van der Waals surface area contributed by atoms with Gasteiger partial charge in [0.05, 0.1) is 6.61 Å². The molecule has 0 amide bonds. The molecule has 2 aromatic carbocycles. The zero-order valence-electron chi connectivity index (χ0n) is 14.8. The second-order valence-electron chi connectivity index (χ2n) is 5.74. The van der Waals surface area contributed by atoms with Gasteiger partial charge < -0.3 is 9.47 Å².